The van der Waals surface area contributed by atoms with Crippen molar-refractivity contribution in [2.75, 3.05) is 10.6 Å². The van der Waals surface area contributed by atoms with Crippen molar-refractivity contribution in [1.82, 2.24) is 34.8 Å². The van der Waals surface area contributed by atoms with Crippen LogP contribution in [-0.4, -0.2) is 42.1 Å². The molecule has 2 fully saturated rings. The van der Waals surface area contributed by atoms with Crippen LogP contribution in [0.3, 0.4) is 0 Å². The number of nitrogens with one attached hydrogen (secondary N) is 4. The van der Waals surface area contributed by atoms with Gasteiger partial charge in [-0.1, -0.05) is 18.2 Å². The third-order valence-electron chi connectivity index (χ3n) is 5.68. The van der Waals surface area contributed by atoms with E-state index in [1.807, 2.05) is 35.0 Å². The number of amides is 3. The van der Waals surface area contributed by atoms with Gasteiger partial charge in [-0.05, 0) is 30.5 Å². The molecule has 3 amide bonds. The molecule has 1 aliphatic heterocycles. The topological polar surface area (TPSA) is 130 Å². The first-order valence-corrected chi connectivity index (χ1v) is 10.9. The number of nitrogens with zero attached hydrogens (tertiary/aromatic N) is 5. The SMILES string of the molecule is O=C1NC(=O)/C(=C/c2cnn3c(NC4CC4)cc(NCc4ccccc4-n4ccnc4)nc23)N1. The third-order valence-corrected chi connectivity index (χ3v) is 5.68. The number of fused-ring (bicyclic) bond motifs is 1. The number of imidazole rings is 1. The van der Waals surface area contributed by atoms with Crippen LogP contribution in [0.25, 0.3) is 17.4 Å². The van der Waals surface area contributed by atoms with Crippen LogP contribution in [-0.2, 0) is 11.3 Å². The molecule has 6 rings (SSSR count). The van der Waals surface area contributed by atoms with Gasteiger partial charge in [0.2, 0.25) is 0 Å². The second-order valence-corrected chi connectivity index (χ2v) is 8.20. The highest BCUT2D eigenvalue weighted by molar-refractivity contribution is 6.14. The molecule has 4 aromatic rings. The zero-order valence-corrected chi connectivity index (χ0v) is 18.0. The van der Waals surface area contributed by atoms with E-state index in [2.05, 4.69) is 37.4 Å². The van der Waals surface area contributed by atoms with Crippen LogP contribution in [0.4, 0.5) is 16.4 Å². The van der Waals surface area contributed by atoms with E-state index in [0.29, 0.717) is 29.6 Å². The number of hydrogen-bond acceptors (Lipinski definition) is 7. The molecule has 4 heterocycles. The average Bonchev–Trinajstić information content (AvgIpc) is 3.20. The number of anilines is 2. The quantitative estimate of drug-likeness (QED) is 0.248. The highest BCUT2D eigenvalue weighted by Crippen LogP contribution is 2.28. The lowest BCUT2D eigenvalue weighted by Gasteiger charge is -2.14. The zero-order valence-electron chi connectivity index (χ0n) is 18.0. The van der Waals surface area contributed by atoms with Crippen molar-refractivity contribution in [3.63, 3.8) is 0 Å². The lowest BCUT2D eigenvalue weighted by molar-refractivity contribution is -0.115. The molecule has 1 aliphatic carbocycles. The number of hydrogen-bond donors (Lipinski definition) is 4. The predicted octanol–water partition coefficient (Wildman–Crippen LogP) is 2.28. The fourth-order valence-corrected chi connectivity index (χ4v) is 3.85. The normalized spacial score (nSPS) is 16.6. The number of carbonyl (C=O) groups is 2. The molecule has 170 valence electrons. The van der Waals surface area contributed by atoms with Crippen LogP contribution in [0.2, 0.25) is 0 Å². The molecule has 0 bridgehead atoms. The van der Waals surface area contributed by atoms with Crippen LogP contribution < -0.4 is 21.3 Å². The van der Waals surface area contributed by atoms with Crippen molar-refractivity contribution in [3.8, 4) is 5.69 Å². The Kier molecular flexibility index (Phi) is 4.72. The van der Waals surface area contributed by atoms with E-state index >= 15 is 0 Å². The summed E-state index contributed by atoms with van der Waals surface area (Å²) < 4.78 is 3.68. The summed E-state index contributed by atoms with van der Waals surface area (Å²) in [5.74, 6) is 0.990. The standard InChI is InChI=1S/C23H21N9O2/c33-22-17(28-23(34)30-22)9-15-12-26-32-20(27-16-5-6-16)10-19(29-21(15)32)25-11-14-3-1-2-4-18(14)31-8-7-24-13-31/h1-4,7-10,12-13,16,27H,5-6,11H2,(H,25,29)(H2,28,30,33,34)/b17-9-. The second kappa shape index (κ2) is 8.03. The summed E-state index contributed by atoms with van der Waals surface area (Å²) in [7, 11) is 0. The molecular weight excluding hydrogens is 434 g/mol. The summed E-state index contributed by atoms with van der Waals surface area (Å²) in [6.45, 7) is 0.545. The minimum absolute atomic E-state index is 0.158. The van der Waals surface area contributed by atoms with E-state index in [9.17, 15) is 9.59 Å². The summed E-state index contributed by atoms with van der Waals surface area (Å²) in [6.07, 6.45) is 10.8. The van der Waals surface area contributed by atoms with E-state index in [4.69, 9.17) is 4.98 Å². The lowest BCUT2D eigenvalue weighted by atomic mass is 10.1. The molecule has 0 spiro atoms. The van der Waals surface area contributed by atoms with Gasteiger partial charge < -0.3 is 20.5 Å². The maximum Gasteiger partial charge on any atom is 0.326 e. The summed E-state index contributed by atoms with van der Waals surface area (Å²) in [5, 5.41) is 16.1. The van der Waals surface area contributed by atoms with E-state index in [1.165, 1.54) is 0 Å². The molecule has 1 aromatic carbocycles. The van der Waals surface area contributed by atoms with Crippen molar-refractivity contribution in [1.29, 1.82) is 0 Å². The summed E-state index contributed by atoms with van der Waals surface area (Å²) in [6, 6.07) is 9.88. The van der Waals surface area contributed by atoms with E-state index in [0.717, 1.165) is 29.9 Å². The Morgan fingerprint density at radius 3 is 2.82 bits per heavy atom. The van der Waals surface area contributed by atoms with Crippen molar-refractivity contribution in [3.05, 3.63) is 72.1 Å². The van der Waals surface area contributed by atoms with Gasteiger partial charge in [-0.15, -0.1) is 0 Å². The minimum atomic E-state index is -0.546. The molecule has 3 aromatic heterocycles. The molecule has 0 unspecified atom stereocenters. The van der Waals surface area contributed by atoms with Gasteiger partial charge in [0.25, 0.3) is 5.91 Å². The van der Waals surface area contributed by atoms with Crippen LogP contribution in [0.5, 0.6) is 0 Å². The third kappa shape index (κ3) is 3.83. The summed E-state index contributed by atoms with van der Waals surface area (Å²) in [5.41, 5.74) is 3.46. The number of para-hydroxylation sites is 1. The van der Waals surface area contributed by atoms with Crippen LogP contribution in [0, 0.1) is 0 Å². The molecule has 11 heteroatoms. The van der Waals surface area contributed by atoms with Gasteiger partial charge in [-0.3, -0.25) is 10.1 Å². The molecule has 1 saturated carbocycles. The molecule has 0 atom stereocenters. The molecule has 4 N–H and O–H groups in total. The van der Waals surface area contributed by atoms with Crippen LogP contribution in [0.15, 0.2) is 60.9 Å². The van der Waals surface area contributed by atoms with Crippen molar-refractivity contribution in [2.45, 2.75) is 25.4 Å². The Labute approximate surface area is 193 Å². The maximum atomic E-state index is 12.0. The Bertz CT molecular complexity index is 1430. The average molecular weight is 455 g/mol. The first-order valence-electron chi connectivity index (χ1n) is 10.9. The van der Waals surface area contributed by atoms with Crippen molar-refractivity contribution >= 4 is 35.3 Å². The Hall–Kier alpha value is -4.67. The zero-order chi connectivity index (χ0) is 23.1. The molecule has 11 nitrogen and oxygen atoms in total. The predicted molar refractivity (Wildman–Crippen MR) is 125 cm³/mol. The van der Waals surface area contributed by atoms with Gasteiger partial charge in [0, 0.05) is 36.6 Å². The fraction of sp³-hybridized carbons (Fsp3) is 0.174. The van der Waals surface area contributed by atoms with E-state index in [1.54, 1.807) is 29.3 Å². The monoisotopic (exact) mass is 455 g/mol. The van der Waals surface area contributed by atoms with Crippen LogP contribution in [0.1, 0.15) is 24.0 Å². The number of aromatic nitrogens is 5. The Balaban J connectivity index is 1.34. The van der Waals surface area contributed by atoms with Crippen molar-refractivity contribution < 1.29 is 9.59 Å². The number of benzene rings is 1. The number of urea groups is 1. The Morgan fingerprint density at radius 2 is 2.06 bits per heavy atom. The summed E-state index contributed by atoms with van der Waals surface area (Å²) >= 11 is 0. The fourth-order valence-electron chi connectivity index (χ4n) is 3.85. The Morgan fingerprint density at radius 1 is 1.18 bits per heavy atom. The van der Waals surface area contributed by atoms with Crippen LogP contribution >= 0.6 is 0 Å². The van der Waals surface area contributed by atoms with E-state index in [-0.39, 0.29) is 5.70 Å². The smallest absolute Gasteiger partial charge is 0.326 e. The van der Waals surface area contributed by atoms with E-state index < -0.39 is 11.9 Å². The largest absolute Gasteiger partial charge is 0.367 e. The molecular formula is C23H21N9O2. The van der Waals surface area contributed by atoms with Gasteiger partial charge in [-0.2, -0.15) is 9.61 Å². The first-order chi connectivity index (χ1) is 16.6. The second-order valence-electron chi connectivity index (χ2n) is 8.20. The highest BCUT2D eigenvalue weighted by Gasteiger charge is 2.25. The molecule has 34 heavy (non-hydrogen) atoms. The number of imide groups is 1. The van der Waals surface area contributed by atoms with Gasteiger partial charge in [-0.25, -0.2) is 14.8 Å². The van der Waals surface area contributed by atoms with Gasteiger partial charge in [0.15, 0.2) is 5.65 Å². The highest BCUT2D eigenvalue weighted by atomic mass is 16.2. The molecule has 0 radical (unpaired) electrons. The molecule has 1 saturated heterocycles. The maximum absolute atomic E-state index is 12.0. The van der Waals surface area contributed by atoms with Gasteiger partial charge in [0.05, 0.1) is 18.2 Å². The first kappa shape index (κ1) is 20.0. The minimum Gasteiger partial charge on any atom is -0.367 e. The number of rotatable bonds is 7. The van der Waals surface area contributed by atoms with Gasteiger partial charge >= 0.3 is 6.03 Å². The van der Waals surface area contributed by atoms with Gasteiger partial charge in [0.1, 0.15) is 17.3 Å². The van der Waals surface area contributed by atoms with Crippen molar-refractivity contribution in [2.24, 2.45) is 0 Å². The molecule has 2 aliphatic rings. The number of carbonyl (C=O) groups excluding carboxylic acids is 2. The lowest BCUT2D eigenvalue weighted by Crippen LogP contribution is -2.22. The summed E-state index contributed by atoms with van der Waals surface area (Å²) in [4.78, 5) is 32.4.